The van der Waals surface area contributed by atoms with Gasteiger partial charge in [0, 0.05) is 34.5 Å². The van der Waals surface area contributed by atoms with E-state index in [1.54, 1.807) is 33.8 Å². The minimum Gasteiger partial charge on any atom is -0.306 e. The van der Waals surface area contributed by atoms with Crippen LogP contribution in [0.1, 0.15) is 32.9 Å². The first kappa shape index (κ1) is 19.0. The number of nitrogens with one attached hydrogen (secondary N) is 2. The molecule has 0 fully saturated rings. The summed E-state index contributed by atoms with van der Waals surface area (Å²) in [7, 11) is 0. The van der Waals surface area contributed by atoms with Gasteiger partial charge >= 0.3 is 0 Å². The number of nitrogens with zero attached hydrogens (tertiary/aromatic N) is 4. The van der Waals surface area contributed by atoms with Crippen LogP contribution in [0.25, 0.3) is 5.95 Å². The van der Waals surface area contributed by atoms with E-state index in [0.29, 0.717) is 22.5 Å². The highest BCUT2D eigenvalue weighted by atomic mass is 16.6. The molecule has 0 spiro atoms. The van der Waals surface area contributed by atoms with Crippen LogP contribution in [0.5, 0.6) is 0 Å². The molecule has 10 nitrogen and oxygen atoms in total. The van der Waals surface area contributed by atoms with E-state index in [9.17, 15) is 19.7 Å². The number of benzene rings is 1. The Labute approximate surface area is 159 Å². The van der Waals surface area contributed by atoms with Gasteiger partial charge < -0.3 is 5.32 Å². The zero-order valence-corrected chi connectivity index (χ0v) is 15.7. The van der Waals surface area contributed by atoms with E-state index in [2.05, 4.69) is 20.4 Å². The summed E-state index contributed by atoms with van der Waals surface area (Å²) in [6, 6.07) is 5.84. The molecule has 1 aromatic carbocycles. The Morgan fingerprint density at radius 1 is 1.21 bits per heavy atom. The van der Waals surface area contributed by atoms with Gasteiger partial charge in [0.15, 0.2) is 0 Å². The molecule has 2 heterocycles. The number of hydrogen-bond acceptors (Lipinski definition) is 6. The first-order valence-corrected chi connectivity index (χ1v) is 8.38. The van der Waals surface area contributed by atoms with Crippen molar-refractivity contribution in [2.75, 3.05) is 5.32 Å². The van der Waals surface area contributed by atoms with Crippen LogP contribution in [0.3, 0.4) is 0 Å². The molecular weight excluding hydrogens is 364 g/mol. The summed E-state index contributed by atoms with van der Waals surface area (Å²) in [5.41, 5.74) is 1.76. The lowest BCUT2D eigenvalue weighted by molar-refractivity contribution is -0.385. The quantitative estimate of drug-likeness (QED) is 0.525. The molecule has 0 aliphatic rings. The molecule has 0 aliphatic carbocycles. The molecule has 2 N–H and O–H groups in total. The molecule has 3 aromatic rings. The van der Waals surface area contributed by atoms with Gasteiger partial charge in [-0.15, -0.1) is 0 Å². The number of amides is 1. The number of nitro benzene ring substituents is 1. The van der Waals surface area contributed by atoms with E-state index in [1.807, 2.05) is 0 Å². The number of anilines is 1. The molecule has 1 amide bonds. The highest BCUT2D eigenvalue weighted by Crippen LogP contribution is 2.21. The molecule has 0 unspecified atom stereocenters. The second-order valence-corrected chi connectivity index (χ2v) is 6.40. The van der Waals surface area contributed by atoms with Gasteiger partial charge in [-0.25, -0.2) is 4.98 Å². The Hall–Kier alpha value is -3.82. The van der Waals surface area contributed by atoms with Gasteiger partial charge in [-0.05, 0) is 33.8 Å². The third-order valence-corrected chi connectivity index (χ3v) is 4.32. The van der Waals surface area contributed by atoms with Gasteiger partial charge in [0.1, 0.15) is 5.82 Å². The van der Waals surface area contributed by atoms with Crippen LogP contribution in [0.2, 0.25) is 0 Å². The summed E-state index contributed by atoms with van der Waals surface area (Å²) >= 11 is 0. The normalized spacial score (nSPS) is 10.7. The number of nitro groups is 1. The Balaban J connectivity index is 1.99. The second kappa shape index (κ2) is 7.06. The second-order valence-electron chi connectivity index (χ2n) is 6.40. The average Bonchev–Trinajstić information content (AvgIpc) is 2.99. The predicted molar refractivity (Wildman–Crippen MR) is 102 cm³/mol. The number of carbonyl (C=O) groups is 1. The van der Waals surface area contributed by atoms with Crippen LogP contribution in [0.15, 0.2) is 29.1 Å². The summed E-state index contributed by atoms with van der Waals surface area (Å²) < 4.78 is 1.31. The van der Waals surface area contributed by atoms with E-state index < -0.39 is 10.8 Å². The van der Waals surface area contributed by atoms with Crippen LogP contribution in [0.4, 0.5) is 11.5 Å². The first-order valence-electron chi connectivity index (χ1n) is 8.38. The van der Waals surface area contributed by atoms with Crippen LogP contribution < -0.4 is 10.9 Å². The maximum atomic E-state index is 12.6. The standard InChI is InChI=1S/C18H18N6O4/c1-9-5-6-13(8-14(9)24(27)28)17(26)20-15-7-10(2)22-23(15)18-19-12(4)11(3)16(25)21-18/h5-8H,1-4H3,(H,20,26)(H,19,21,25). The van der Waals surface area contributed by atoms with E-state index in [0.717, 1.165) is 0 Å². The van der Waals surface area contributed by atoms with E-state index in [1.165, 1.54) is 22.9 Å². The van der Waals surface area contributed by atoms with Gasteiger partial charge in [0.05, 0.1) is 10.6 Å². The molecule has 10 heteroatoms. The summed E-state index contributed by atoms with van der Waals surface area (Å²) in [5, 5.41) is 18.0. The number of carbonyl (C=O) groups excluding carboxylic acids is 1. The lowest BCUT2D eigenvalue weighted by Gasteiger charge is -2.09. The Bertz CT molecular complexity index is 1160. The van der Waals surface area contributed by atoms with Gasteiger partial charge in [0.25, 0.3) is 17.2 Å². The van der Waals surface area contributed by atoms with Crippen molar-refractivity contribution in [2.45, 2.75) is 27.7 Å². The molecule has 144 valence electrons. The van der Waals surface area contributed by atoms with Gasteiger partial charge in [-0.1, -0.05) is 6.07 Å². The molecule has 0 saturated heterocycles. The Morgan fingerprint density at radius 3 is 2.57 bits per heavy atom. The molecular formula is C18H18N6O4. The van der Waals surface area contributed by atoms with E-state index in [-0.39, 0.29) is 28.6 Å². The summed E-state index contributed by atoms with van der Waals surface area (Å²) in [4.78, 5) is 42.2. The predicted octanol–water partition coefficient (Wildman–Crippen LogP) is 2.35. The molecule has 0 bridgehead atoms. The Kier molecular flexibility index (Phi) is 4.78. The lowest BCUT2D eigenvalue weighted by Crippen LogP contribution is -2.21. The smallest absolute Gasteiger partial charge is 0.273 e. The highest BCUT2D eigenvalue weighted by molar-refractivity contribution is 6.04. The molecule has 2 aromatic heterocycles. The van der Waals surface area contributed by atoms with Crippen LogP contribution in [-0.4, -0.2) is 30.6 Å². The van der Waals surface area contributed by atoms with Crippen molar-refractivity contribution in [3.05, 3.63) is 72.8 Å². The molecule has 0 atom stereocenters. The number of aryl methyl sites for hydroxylation is 3. The summed E-state index contributed by atoms with van der Waals surface area (Å²) in [6.45, 7) is 6.68. The molecule has 3 rings (SSSR count). The topological polar surface area (TPSA) is 136 Å². The lowest BCUT2D eigenvalue weighted by atomic mass is 10.1. The number of aromatic amines is 1. The molecule has 0 radical (unpaired) electrons. The monoisotopic (exact) mass is 382 g/mol. The van der Waals surface area contributed by atoms with E-state index in [4.69, 9.17) is 0 Å². The maximum Gasteiger partial charge on any atom is 0.273 e. The van der Waals surface area contributed by atoms with Crippen molar-refractivity contribution in [2.24, 2.45) is 0 Å². The van der Waals surface area contributed by atoms with Crippen molar-refractivity contribution in [3.63, 3.8) is 0 Å². The van der Waals surface area contributed by atoms with E-state index >= 15 is 0 Å². The zero-order chi connectivity index (χ0) is 20.6. The van der Waals surface area contributed by atoms with Crippen molar-refractivity contribution < 1.29 is 9.72 Å². The fourth-order valence-electron chi connectivity index (χ4n) is 2.62. The Morgan fingerprint density at radius 2 is 1.93 bits per heavy atom. The molecule has 0 saturated carbocycles. The zero-order valence-electron chi connectivity index (χ0n) is 15.7. The van der Waals surface area contributed by atoms with Gasteiger partial charge in [-0.2, -0.15) is 9.78 Å². The third-order valence-electron chi connectivity index (χ3n) is 4.32. The summed E-state index contributed by atoms with van der Waals surface area (Å²) in [6.07, 6.45) is 0. The van der Waals surface area contributed by atoms with Crippen molar-refractivity contribution in [3.8, 4) is 5.95 Å². The maximum absolute atomic E-state index is 12.6. The number of rotatable bonds is 4. The largest absolute Gasteiger partial charge is 0.306 e. The minimum atomic E-state index is -0.546. The molecule has 28 heavy (non-hydrogen) atoms. The third kappa shape index (κ3) is 3.52. The first-order chi connectivity index (χ1) is 13.2. The highest BCUT2D eigenvalue weighted by Gasteiger charge is 2.18. The van der Waals surface area contributed by atoms with Crippen LogP contribution in [0, 0.1) is 37.8 Å². The minimum absolute atomic E-state index is 0.129. The number of hydrogen-bond donors (Lipinski definition) is 2. The van der Waals surface area contributed by atoms with Gasteiger partial charge in [-0.3, -0.25) is 24.7 Å². The van der Waals surface area contributed by atoms with Gasteiger partial charge in [0.2, 0.25) is 5.95 Å². The fraction of sp³-hybridized carbons (Fsp3) is 0.222. The van der Waals surface area contributed by atoms with Crippen LogP contribution in [-0.2, 0) is 0 Å². The SMILES string of the molecule is Cc1cc(NC(=O)c2ccc(C)c([N+](=O)[O-])c2)n(-c2nc(C)c(C)c(=O)[nH]2)n1. The summed E-state index contributed by atoms with van der Waals surface area (Å²) in [5.74, 6) is -0.112. The van der Waals surface area contributed by atoms with Crippen molar-refractivity contribution >= 4 is 17.4 Å². The average molecular weight is 382 g/mol. The number of H-pyrrole nitrogens is 1. The molecule has 0 aliphatic heterocycles. The van der Waals surface area contributed by atoms with Crippen LogP contribution >= 0.6 is 0 Å². The fourth-order valence-corrected chi connectivity index (χ4v) is 2.62. The number of aromatic nitrogens is 4. The van der Waals surface area contributed by atoms with Crippen molar-refractivity contribution in [1.82, 2.24) is 19.7 Å². The van der Waals surface area contributed by atoms with Crippen molar-refractivity contribution in [1.29, 1.82) is 0 Å².